The van der Waals surface area contributed by atoms with Gasteiger partial charge in [0.05, 0.1) is 0 Å². The van der Waals surface area contributed by atoms with Gasteiger partial charge >= 0.3 is 0 Å². The minimum Gasteiger partial charge on any atom is -0.406 e. The van der Waals surface area contributed by atoms with Crippen LogP contribution in [0.4, 0.5) is 0 Å². The van der Waals surface area contributed by atoms with Crippen molar-refractivity contribution in [1.82, 2.24) is 9.96 Å². The summed E-state index contributed by atoms with van der Waals surface area (Å²) < 4.78 is 0. The largest absolute Gasteiger partial charge is 0.406 e. The fourth-order valence-electron chi connectivity index (χ4n) is 0.144. The summed E-state index contributed by atoms with van der Waals surface area (Å²) in [5.41, 5.74) is 0. The van der Waals surface area contributed by atoms with Crippen molar-refractivity contribution >= 4 is 8.35 Å². The summed E-state index contributed by atoms with van der Waals surface area (Å²) in [4.78, 5) is 3.57. The van der Waals surface area contributed by atoms with E-state index in [2.05, 4.69) is 15.8 Å². The van der Waals surface area contributed by atoms with Crippen molar-refractivity contribution in [1.29, 1.82) is 0 Å². The maximum Gasteiger partial charge on any atom is -0.125 e. The number of aromatic nitrogens is 2. The SMILES string of the molecule is [c-]1cnn[pH]1. The van der Waals surface area contributed by atoms with E-state index in [-0.39, 0.29) is 0 Å². The van der Waals surface area contributed by atoms with Crippen LogP contribution in [-0.2, 0) is 0 Å². The van der Waals surface area contributed by atoms with E-state index in [1.165, 1.54) is 0 Å². The molecule has 0 N–H and O–H groups in total. The molecule has 1 aromatic heterocycles. The average molecular weight is 85.0 g/mol. The Morgan fingerprint density at radius 3 is 3.00 bits per heavy atom. The molecule has 0 aromatic carbocycles. The molecule has 1 heterocycles. The lowest BCUT2D eigenvalue weighted by molar-refractivity contribution is 1.16. The van der Waals surface area contributed by atoms with Crippen molar-refractivity contribution in [3.05, 3.63) is 12.0 Å². The predicted octanol–water partition coefficient (Wildman–Crippen LogP) is 0.308. The van der Waals surface area contributed by atoms with Crippen molar-refractivity contribution in [2.75, 3.05) is 0 Å². The Labute approximate surface area is 31.4 Å². The minimum absolute atomic E-state index is 0.461. The zero-order valence-corrected chi connectivity index (χ0v) is 3.47. The molecule has 0 spiro atoms. The van der Waals surface area contributed by atoms with Crippen LogP contribution in [0.25, 0.3) is 0 Å². The molecule has 2 nitrogen and oxygen atoms in total. The maximum absolute atomic E-state index is 3.57. The Hall–Kier alpha value is -0.360. The average Bonchev–Trinajstić information content (AvgIpc) is 1.76. The van der Waals surface area contributed by atoms with E-state index in [0.29, 0.717) is 8.35 Å². The Kier molecular flexibility index (Phi) is 0.673. The van der Waals surface area contributed by atoms with E-state index in [0.717, 1.165) is 0 Å². The lowest BCUT2D eigenvalue weighted by Gasteiger charge is -1.59. The van der Waals surface area contributed by atoms with Gasteiger partial charge in [0.1, 0.15) is 0 Å². The molecule has 1 atom stereocenters. The van der Waals surface area contributed by atoms with Gasteiger partial charge in [0.2, 0.25) is 0 Å². The fourth-order valence-corrected chi connectivity index (χ4v) is 0.433. The number of nitrogens with zero attached hydrogens (tertiary/aromatic N) is 2. The topological polar surface area (TPSA) is 25.8 Å². The maximum atomic E-state index is 3.57. The van der Waals surface area contributed by atoms with Crippen LogP contribution in [0.15, 0.2) is 6.20 Å². The molecule has 5 heavy (non-hydrogen) atoms. The molecule has 1 unspecified atom stereocenters. The second-order valence-electron chi connectivity index (χ2n) is 0.601. The Morgan fingerprint density at radius 2 is 2.80 bits per heavy atom. The summed E-state index contributed by atoms with van der Waals surface area (Å²) in [6.45, 7) is 0. The van der Waals surface area contributed by atoms with Crippen LogP contribution in [0.1, 0.15) is 0 Å². The summed E-state index contributed by atoms with van der Waals surface area (Å²) >= 11 is 0. The molecule has 0 aliphatic rings. The van der Waals surface area contributed by atoms with Crippen molar-refractivity contribution in [2.45, 2.75) is 0 Å². The molecule has 0 aliphatic carbocycles. The van der Waals surface area contributed by atoms with Crippen LogP contribution in [0.2, 0.25) is 0 Å². The number of rotatable bonds is 0. The van der Waals surface area contributed by atoms with Gasteiger partial charge in [0, 0.05) is 0 Å². The summed E-state index contributed by atoms with van der Waals surface area (Å²) in [6.07, 6.45) is 1.58. The second kappa shape index (κ2) is 1.18. The summed E-state index contributed by atoms with van der Waals surface area (Å²) in [5.74, 6) is 2.79. The molecule has 1 aromatic rings. The third kappa shape index (κ3) is 0.455. The molecule has 0 amide bonds. The molecule has 0 saturated heterocycles. The van der Waals surface area contributed by atoms with E-state index in [9.17, 15) is 0 Å². The minimum atomic E-state index is 0.461. The van der Waals surface area contributed by atoms with Crippen LogP contribution in [0, 0.1) is 5.80 Å². The normalized spacial score (nSPS) is 9.60. The summed E-state index contributed by atoms with van der Waals surface area (Å²) in [6, 6.07) is 0. The van der Waals surface area contributed by atoms with Crippen LogP contribution < -0.4 is 0 Å². The zero-order chi connectivity index (χ0) is 3.54. The van der Waals surface area contributed by atoms with Gasteiger partial charge in [0.15, 0.2) is 0 Å². The second-order valence-corrected chi connectivity index (χ2v) is 1.31. The van der Waals surface area contributed by atoms with E-state index in [1.807, 2.05) is 0 Å². The molecule has 0 bridgehead atoms. The highest BCUT2D eigenvalue weighted by Crippen LogP contribution is 1.86. The first-order valence-corrected chi connectivity index (χ1v) is 2.17. The van der Waals surface area contributed by atoms with Crippen LogP contribution in [0.3, 0.4) is 0 Å². The van der Waals surface area contributed by atoms with Gasteiger partial charge < -0.3 is 5.80 Å². The number of hydrogen-bond acceptors (Lipinski definition) is 2. The van der Waals surface area contributed by atoms with E-state index >= 15 is 0 Å². The molecule has 3 heteroatoms. The Balaban J connectivity index is 3.13. The Morgan fingerprint density at radius 1 is 1.80 bits per heavy atom. The smallest absolute Gasteiger partial charge is 0.125 e. The highest BCUT2D eigenvalue weighted by atomic mass is 31.0. The van der Waals surface area contributed by atoms with E-state index in [1.54, 1.807) is 6.20 Å². The molecule has 0 aliphatic heterocycles. The van der Waals surface area contributed by atoms with Gasteiger partial charge in [-0.15, -0.1) is 6.20 Å². The molecule has 0 saturated carbocycles. The predicted molar refractivity (Wildman–Crippen MR) is 20.4 cm³/mol. The van der Waals surface area contributed by atoms with Crippen LogP contribution in [0.5, 0.6) is 0 Å². The van der Waals surface area contributed by atoms with Gasteiger partial charge in [-0.2, -0.15) is 9.96 Å². The lowest BCUT2D eigenvalue weighted by Crippen LogP contribution is -1.50. The van der Waals surface area contributed by atoms with Gasteiger partial charge in [-0.3, -0.25) is 0 Å². The van der Waals surface area contributed by atoms with Gasteiger partial charge in [-0.25, -0.2) is 8.35 Å². The monoisotopic (exact) mass is 85.0 g/mol. The molecule has 0 fully saturated rings. The van der Waals surface area contributed by atoms with Crippen molar-refractivity contribution < 1.29 is 0 Å². The third-order valence-electron chi connectivity index (χ3n) is 0.295. The molecule has 0 radical (unpaired) electrons. The van der Waals surface area contributed by atoms with Crippen molar-refractivity contribution in [2.24, 2.45) is 0 Å². The van der Waals surface area contributed by atoms with Crippen molar-refractivity contribution in [3.63, 3.8) is 0 Å². The third-order valence-corrected chi connectivity index (χ3v) is 0.768. The molecular formula is C2H2N2P-. The highest BCUT2D eigenvalue weighted by molar-refractivity contribution is 7.23. The fraction of sp³-hybridized carbons (Fsp3) is 0. The van der Waals surface area contributed by atoms with Crippen molar-refractivity contribution in [3.8, 4) is 0 Å². The first-order chi connectivity index (χ1) is 2.50. The summed E-state index contributed by atoms with van der Waals surface area (Å²) in [7, 11) is 0.461. The first kappa shape index (κ1) is 2.86. The molecular weight excluding hydrogens is 83.0 g/mol. The number of hydrogen-bond donors (Lipinski definition) is 0. The van der Waals surface area contributed by atoms with Crippen LogP contribution in [-0.4, -0.2) is 9.96 Å². The van der Waals surface area contributed by atoms with E-state index < -0.39 is 0 Å². The van der Waals surface area contributed by atoms with Gasteiger partial charge in [0.25, 0.3) is 0 Å². The highest BCUT2D eigenvalue weighted by Gasteiger charge is 1.42. The van der Waals surface area contributed by atoms with Crippen LogP contribution >= 0.6 is 8.35 Å². The van der Waals surface area contributed by atoms with Gasteiger partial charge in [-0.1, -0.05) is 0 Å². The lowest BCUT2D eigenvalue weighted by atomic mass is 11.1. The van der Waals surface area contributed by atoms with Gasteiger partial charge in [-0.05, 0) is 0 Å². The standard InChI is InChI=1S/C2H2N2P/c1-2-5-4-3-1/h1,5H/q-1. The zero-order valence-electron chi connectivity index (χ0n) is 2.47. The Bertz CT molecular complexity index is 64.1. The summed E-state index contributed by atoms with van der Waals surface area (Å²) in [5, 5.41) is 3.48. The quantitative estimate of drug-likeness (QED) is 0.423. The first-order valence-electron chi connectivity index (χ1n) is 1.22. The van der Waals surface area contributed by atoms with E-state index in [4.69, 9.17) is 0 Å². The molecule has 1 rings (SSSR count). The molecule has 26 valence electrons.